The zero-order valence-corrected chi connectivity index (χ0v) is 10.5. The van der Waals surface area contributed by atoms with Crippen LogP contribution in [0.5, 0.6) is 0 Å². The molecule has 1 aromatic carbocycles. The van der Waals surface area contributed by atoms with Gasteiger partial charge in [-0.25, -0.2) is 4.79 Å². The number of carbonyl (C=O) groups excluding carboxylic acids is 1. The number of benzene rings is 1. The van der Waals surface area contributed by atoms with Crippen molar-refractivity contribution < 1.29 is 14.7 Å². The summed E-state index contributed by atoms with van der Waals surface area (Å²) in [5.74, 6) is -1.32. The number of anilines is 1. The lowest BCUT2D eigenvalue weighted by atomic mass is 10.1. The summed E-state index contributed by atoms with van der Waals surface area (Å²) in [4.78, 5) is 22.7. The minimum absolute atomic E-state index is 0.218. The molecule has 1 heterocycles. The van der Waals surface area contributed by atoms with Crippen molar-refractivity contribution >= 4 is 17.6 Å². The average Bonchev–Trinajstić information content (AvgIpc) is 2.75. The Labute approximate surface area is 109 Å². The number of carboxylic acid groups (broad SMARTS) is 1. The predicted octanol–water partition coefficient (Wildman–Crippen LogP) is 1.68. The van der Waals surface area contributed by atoms with Gasteiger partial charge in [-0.05, 0) is 36.8 Å². The van der Waals surface area contributed by atoms with E-state index in [1.165, 1.54) is 10.7 Å². The number of carbonyl (C=O) groups is 2. The van der Waals surface area contributed by atoms with E-state index < -0.39 is 5.97 Å². The summed E-state index contributed by atoms with van der Waals surface area (Å²) in [7, 11) is 1.72. The Morgan fingerprint density at radius 1 is 1.32 bits per heavy atom. The highest BCUT2D eigenvalue weighted by molar-refractivity contribution is 6.03. The van der Waals surface area contributed by atoms with Gasteiger partial charge < -0.3 is 10.4 Å². The lowest BCUT2D eigenvalue weighted by molar-refractivity contribution is 0.0696. The molecule has 0 bridgehead atoms. The van der Waals surface area contributed by atoms with Gasteiger partial charge >= 0.3 is 5.97 Å². The van der Waals surface area contributed by atoms with E-state index in [0.717, 1.165) is 0 Å². The normalized spacial score (nSPS) is 10.2. The molecule has 0 aliphatic heterocycles. The first-order valence-electron chi connectivity index (χ1n) is 5.62. The van der Waals surface area contributed by atoms with Gasteiger partial charge in [0.2, 0.25) is 0 Å². The van der Waals surface area contributed by atoms with E-state index in [4.69, 9.17) is 5.11 Å². The van der Waals surface area contributed by atoms with E-state index in [1.807, 2.05) is 0 Å². The zero-order valence-electron chi connectivity index (χ0n) is 10.5. The molecule has 0 saturated heterocycles. The Bertz CT molecular complexity index is 646. The highest BCUT2D eigenvalue weighted by Gasteiger charge is 2.11. The van der Waals surface area contributed by atoms with E-state index in [1.54, 1.807) is 38.4 Å². The number of hydrogen-bond donors (Lipinski definition) is 2. The number of nitrogens with one attached hydrogen (secondary N) is 1. The second kappa shape index (κ2) is 4.93. The van der Waals surface area contributed by atoms with Crippen LogP contribution < -0.4 is 5.32 Å². The monoisotopic (exact) mass is 259 g/mol. The summed E-state index contributed by atoms with van der Waals surface area (Å²) in [5, 5.41) is 15.6. The molecular weight excluding hydrogens is 246 g/mol. The van der Waals surface area contributed by atoms with Crippen molar-refractivity contribution in [2.75, 3.05) is 5.32 Å². The third-order valence-corrected chi connectivity index (χ3v) is 2.66. The van der Waals surface area contributed by atoms with Crippen LogP contribution in [0.1, 0.15) is 26.4 Å². The van der Waals surface area contributed by atoms with Crippen LogP contribution in [-0.4, -0.2) is 26.8 Å². The van der Waals surface area contributed by atoms with Crippen LogP contribution in [0.4, 0.5) is 5.69 Å². The van der Waals surface area contributed by atoms with Crippen LogP contribution in [0, 0.1) is 6.92 Å². The quantitative estimate of drug-likeness (QED) is 0.878. The summed E-state index contributed by atoms with van der Waals surface area (Å²) in [5.41, 5.74) is 1.66. The van der Waals surface area contributed by atoms with Crippen molar-refractivity contribution in [2.45, 2.75) is 6.92 Å². The molecule has 1 aromatic heterocycles. The summed E-state index contributed by atoms with van der Waals surface area (Å²) in [6.45, 7) is 1.68. The second-order valence-electron chi connectivity index (χ2n) is 4.16. The van der Waals surface area contributed by atoms with Crippen molar-refractivity contribution in [2.24, 2.45) is 7.05 Å². The Hall–Kier alpha value is -2.63. The Balaban J connectivity index is 2.18. The van der Waals surface area contributed by atoms with Crippen molar-refractivity contribution in [1.82, 2.24) is 9.78 Å². The molecule has 1 amide bonds. The van der Waals surface area contributed by atoms with Gasteiger partial charge in [-0.2, -0.15) is 5.10 Å². The summed E-state index contributed by atoms with van der Waals surface area (Å²) in [6.07, 6.45) is 1.67. The number of aromatic nitrogens is 2. The van der Waals surface area contributed by atoms with Gasteiger partial charge in [-0.3, -0.25) is 9.48 Å². The minimum atomic E-state index is -0.986. The van der Waals surface area contributed by atoms with Crippen molar-refractivity contribution in [3.05, 3.63) is 47.3 Å². The average molecular weight is 259 g/mol. The molecule has 0 radical (unpaired) electrons. The number of rotatable bonds is 3. The van der Waals surface area contributed by atoms with Crippen LogP contribution in [0.15, 0.2) is 30.5 Å². The summed E-state index contributed by atoms with van der Waals surface area (Å²) >= 11 is 0. The van der Waals surface area contributed by atoms with E-state index in [-0.39, 0.29) is 11.5 Å². The molecule has 0 spiro atoms. The predicted molar refractivity (Wildman–Crippen MR) is 69.3 cm³/mol. The molecular formula is C13H13N3O3. The topological polar surface area (TPSA) is 84.2 Å². The van der Waals surface area contributed by atoms with Crippen LogP contribution in [-0.2, 0) is 7.05 Å². The first-order chi connectivity index (χ1) is 8.97. The lowest BCUT2D eigenvalue weighted by Crippen LogP contribution is -2.13. The highest BCUT2D eigenvalue weighted by Crippen LogP contribution is 2.15. The summed E-state index contributed by atoms with van der Waals surface area (Å²) < 4.78 is 1.54. The standard InChI is InChI=1S/C13H13N3O3/c1-8-7-9(3-4-10(8)13(18)19)14-12(17)11-5-6-16(2)15-11/h3-7H,1-2H3,(H,14,17)(H,18,19). The molecule has 0 saturated carbocycles. The maximum Gasteiger partial charge on any atom is 0.335 e. The largest absolute Gasteiger partial charge is 0.478 e. The fraction of sp³-hybridized carbons (Fsp3) is 0.154. The Kier molecular flexibility index (Phi) is 3.33. The maximum absolute atomic E-state index is 11.9. The van der Waals surface area contributed by atoms with Gasteiger partial charge in [0.15, 0.2) is 5.69 Å². The molecule has 98 valence electrons. The number of nitrogens with zero attached hydrogens (tertiary/aromatic N) is 2. The number of hydrogen-bond acceptors (Lipinski definition) is 3. The number of aryl methyl sites for hydroxylation is 2. The molecule has 0 aliphatic rings. The van der Waals surface area contributed by atoms with Crippen LogP contribution in [0.25, 0.3) is 0 Å². The number of amides is 1. The molecule has 0 atom stereocenters. The molecule has 6 nitrogen and oxygen atoms in total. The van der Waals surface area contributed by atoms with Crippen LogP contribution >= 0.6 is 0 Å². The summed E-state index contributed by atoms with van der Waals surface area (Å²) in [6, 6.07) is 6.24. The van der Waals surface area contributed by atoms with Gasteiger partial charge in [0.25, 0.3) is 5.91 Å². The maximum atomic E-state index is 11.9. The fourth-order valence-electron chi connectivity index (χ4n) is 1.71. The van der Waals surface area contributed by atoms with E-state index in [0.29, 0.717) is 16.9 Å². The van der Waals surface area contributed by atoms with Crippen molar-refractivity contribution in [1.29, 1.82) is 0 Å². The smallest absolute Gasteiger partial charge is 0.335 e. The molecule has 2 aromatic rings. The van der Waals surface area contributed by atoms with Crippen molar-refractivity contribution in [3.63, 3.8) is 0 Å². The lowest BCUT2D eigenvalue weighted by Gasteiger charge is -2.06. The molecule has 0 aliphatic carbocycles. The highest BCUT2D eigenvalue weighted by atomic mass is 16.4. The first kappa shape index (κ1) is 12.8. The molecule has 0 fully saturated rings. The minimum Gasteiger partial charge on any atom is -0.478 e. The Morgan fingerprint density at radius 3 is 2.58 bits per heavy atom. The molecule has 0 unspecified atom stereocenters. The fourth-order valence-corrected chi connectivity index (χ4v) is 1.71. The van der Waals surface area contributed by atoms with Gasteiger partial charge in [0.05, 0.1) is 5.56 Å². The molecule has 2 N–H and O–H groups in total. The molecule has 19 heavy (non-hydrogen) atoms. The van der Waals surface area contributed by atoms with E-state index in [2.05, 4.69) is 10.4 Å². The van der Waals surface area contributed by atoms with Gasteiger partial charge in [0, 0.05) is 18.9 Å². The van der Waals surface area contributed by atoms with Crippen LogP contribution in [0.2, 0.25) is 0 Å². The zero-order chi connectivity index (χ0) is 14.0. The van der Waals surface area contributed by atoms with Gasteiger partial charge in [0.1, 0.15) is 0 Å². The molecule has 2 rings (SSSR count). The SMILES string of the molecule is Cc1cc(NC(=O)c2ccn(C)n2)ccc1C(=O)O. The number of carboxylic acids is 1. The third-order valence-electron chi connectivity index (χ3n) is 2.66. The van der Waals surface area contributed by atoms with Crippen LogP contribution in [0.3, 0.4) is 0 Å². The van der Waals surface area contributed by atoms with Gasteiger partial charge in [-0.15, -0.1) is 0 Å². The Morgan fingerprint density at radius 2 is 2.05 bits per heavy atom. The van der Waals surface area contributed by atoms with E-state index in [9.17, 15) is 9.59 Å². The number of aromatic carboxylic acids is 1. The van der Waals surface area contributed by atoms with Crippen molar-refractivity contribution in [3.8, 4) is 0 Å². The molecule has 6 heteroatoms. The first-order valence-corrected chi connectivity index (χ1v) is 5.62. The third kappa shape index (κ3) is 2.79. The van der Waals surface area contributed by atoms with E-state index >= 15 is 0 Å². The van der Waals surface area contributed by atoms with Gasteiger partial charge in [-0.1, -0.05) is 0 Å². The second-order valence-corrected chi connectivity index (χ2v) is 4.16.